The minimum atomic E-state index is 0.730. The van der Waals surface area contributed by atoms with Gasteiger partial charge in [0.25, 0.3) is 0 Å². The number of benzene rings is 1. The maximum atomic E-state index is 8.40. The summed E-state index contributed by atoms with van der Waals surface area (Å²) in [4.78, 5) is 0. The average molecular weight is 235 g/mol. The van der Waals surface area contributed by atoms with Crippen molar-refractivity contribution in [3.8, 4) is 0 Å². The Balaban J connectivity index is 1.85. The van der Waals surface area contributed by atoms with E-state index in [-0.39, 0.29) is 0 Å². The van der Waals surface area contributed by atoms with Crippen LogP contribution in [-0.2, 0) is 6.42 Å². The highest BCUT2D eigenvalue weighted by Gasteiger charge is 1.93. The van der Waals surface area contributed by atoms with Gasteiger partial charge in [0.2, 0.25) is 0 Å². The molecule has 17 heavy (non-hydrogen) atoms. The van der Waals surface area contributed by atoms with Crippen LogP contribution in [0.3, 0.4) is 0 Å². The lowest BCUT2D eigenvalue weighted by Gasteiger charge is -2.02. The van der Waals surface area contributed by atoms with Gasteiger partial charge in [-0.15, -0.1) is 0 Å². The number of nitrogens with one attached hydrogen (secondary N) is 1. The molecule has 1 aromatic rings. The Bertz CT molecular complexity index is 261. The van der Waals surface area contributed by atoms with Gasteiger partial charge in [0.05, 0.1) is 0 Å². The van der Waals surface area contributed by atoms with Crippen LogP contribution in [0.15, 0.2) is 30.3 Å². The Hall–Kier alpha value is -0.860. The van der Waals surface area contributed by atoms with Crippen LogP contribution in [0.5, 0.6) is 0 Å². The van der Waals surface area contributed by atoms with Crippen molar-refractivity contribution < 1.29 is 5.21 Å². The highest BCUT2D eigenvalue weighted by Crippen LogP contribution is 2.10. The number of hydrogen-bond donors (Lipinski definition) is 2. The van der Waals surface area contributed by atoms with Crippen LogP contribution in [0.1, 0.15) is 50.5 Å². The molecule has 0 atom stereocenters. The van der Waals surface area contributed by atoms with Crippen LogP contribution in [0.4, 0.5) is 0 Å². The molecule has 2 N–H and O–H groups in total. The van der Waals surface area contributed by atoms with E-state index in [1.165, 1.54) is 50.5 Å². The summed E-state index contributed by atoms with van der Waals surface area (Å²) < 4.78 is 0. The SMILES string of the molecule is ONCCCCCCCCCc1ccccc1. The van der Waals surface area contributed by atoms with E-state index < -0.39 is 0 Å². The van der Waals surface area contributed by atoms with Gasteiger partial charge >= 0.3 is 0 Å². The molecule has 2 heteroatoms. The van der Waals surface area contributed by atoms with Crippen molar-refractivity contribution in [1.29, 1.82) is 0 Å². The van der Waals surface area contributed by atoms with Crippen LogP contribution in [0, 0.1) is 0 Å². The van der Waals surface area contributed by atoms with Gasteiger partial charge in [0.15, 0.2) is 0 Å². The van der Waals surface area contributed by atoms with Crippen molar-refractivity contribution in [1.82, 2.24) is 5.48 Å². The second-order valence-corrected chi connectivity index (χ2v) is 4.62. The Morgan fingerprint density at radius 1 is 0.765 bits per heavy atom. The van der Waals surface area contributed by atoms with Gasteiger partial charge in [-0.2, -0.15) is 0 Å². The fourth-order valence-electron chi connectivity index (χ4n) is 2.06. The van der Waals surface area contributed by atoms with E-state index in [0.717, 1.165) is 13.0 Å². The monoisotopic (exact) mass is 235 g/mol. The van der Waals surface area contributed by atoms with E-state index >= 15 is 0 Å². The van der Waals surface area contributed by atoms with E-state index in [9.17, 15) is 0 Å². The molecule has 0 radical (unpaired) electrons. The summed E-state index contributed by atoms with van der Waals surface area (Å²) in [6, 6.07) is 10.7. The van der Waals surface area contributed by atoms with E-state index in [2.05, 4.69) is 35.8 Å². The van der Waals surface area contributed by atoms with E-state index in [0.29, 0.717) is 0 Å². The summed E-state index contributed by atoms with van der Waals surface area (Å²) >= 11 is 0. The molecular weight excluding hydrogens is 210 g/mol. The molecule has 0 aliphatic rings. The van der Waals surface area contributed by atoms with Gasteiger partial charge in [-0.05, 0) is 24.8 Å². The third-order valence-electron chi connectivity index (χ3n) is 3.10. The summed E-state index contributed by atoms with van der Waals surface area (Å²) in [7, 11) is 0. The average Bonchev–Trinajstić information content (AvgIpc) is 2.38. The Labute approximate surface area is 105 Å². The standard InChI is InChI=1S/C15H25NO/c17-16-14-10-5-3-1-2-4-7-11-15-12-8-6-9-13-15/h6,8-9,12-13,16-17H,1-5,7,10-11,14H2. The summed E-state index contributed by atoms with van der Waals surface area (Å²) in [5, 5.41) is 8.40. The maximum Gasteiger partial charge on any atom is 0.0207 e. The molecule has 1 rings (SSSR count). The van der Waals surface area contributed by atoms with E-state index in [1.807, 2.05) is 0 Å². The summed E-state index contributed by atoms with van der Waals surface area (Å²) in [6.07, 6.45) is 10.2. The molecule has 0 amide bonds. The molecule has 0 fully saturated rings. The van der Waals surface area contributed by atoms with Gasteiger partial charge in [-0.1, -0.05) is 62.4 Å². The molecule has 0 aliphatic heterocycles. The largest absolute Gasteiger partial charge is 0.317 e. The number of hydrogen-bond acceptors (Lipinski definition) is 2. The topological polar surface area (TPSA) is 32.3 Å². The highest BCUT2D eigenvalue weighted by molar-refractivity contribution is 5.14. The minimum absolute atomic E-state index is 0.730. The molecule has 1 aromatic carbocycles. The van der Waals surface area contributed by atoms with Crippen molar-refractivity contribution in [2.24, 2.45) is 0 Å². The number of rotatable bonds is 10. The minimum Gasteiger partial charge on any atom is -0.317 e. The van der Waals surface area contributed by atoms with Gasteiger partial charge in [0, 0.05) is 6.54 Å². The van der Waals surface area contributed by atoms with Gasteiger partial charge in [0.1, 0.15) is 0 Å². The summed E-state index contributed by atoms with van der Waals surface area (Å²) in [6.45, 7) is 0.730. The predicted octanol–water partition coefficient (Wildman–Crippen LogP) is 3.94. The fourth-order valence-corrected chi connectivity index (χ4v) is 2.06. The molecule has 2 nitrogen and oxygen atoms in total. The van der Waals surface area contributed by atoms with Crippen molar-refractivity contribution >= 4 is 0 Å². The predicted molar refractivity (Wildman–Crippen MR) is 72.3 cm³/mol. The normalized spacial score (nSPS) is 10.6. The Kier molecular flexibility index (Phi) is 8.61. The molecule has 0 unspecified atom stereocenters. The number of unbranched alkanes of at least 4 members (excludes halogenated alkanes) is 6. The second kappa shape index (κ2) is 10.3. The smallest absolute Gasteiger partial charge is 0.0207 e. The lowest BCUT2D eigenvalue weighted by atomic mass is 10.0. The zero-order valence-electron chi connectivity index (χ0n) is 10.7. The number of aryl methyl sites for hydroxylation is 1. The fraction of sp³-hybridized carbons (Fsp3) is 0.600. The Morgan fingerprint density at radius 3 is 2.00 bits per heavy atom. The van der Waals surface area contributed by atoms with E-state index in [1.54, 1.807) is 0 Å². The molecule has 0 spiro atoms. The maximum absolute atomic E-state index is 8.40. The first-order valence-corrected chi connectivity index (χ1v) is 6.84. The highest BCUT2D eigenvalue weighted by atomic mass is 16.5. The second-order valence-electron chi connectivity index (χ2n) is 4.62. The van der Waals surface area contributed by atoms with Crippen LogP contribution >= 0.6 is 0 Å². The zero-order chi connectivity index (χ0) is 12.2. The van der Waals surface area contributed by atoms with Crippen molar-refractivity contribution in [2.45, 2.75) is 51.4 Å². The van der Waals surface area contributed by atoms with Crippen molar-refractivity contribution in [3.05, 3.63) is 35.9 Å². The molecular formula is C15H25NO. The molecule has 0 bridgehead atoms. The third-order valence-corrected chi connectivity index (χ3v) is 3.10. The molecule has 0 aliphatic carbocycles. The van der Waals surface area contributed by atoms with E-state index in [4.69, 9.17) is 5.21 Å². The van der Waals surface area contributed by atoms with Crippen molar-refractivity contribution in [2.75, 3.05) is 6.54 Å². The van der Waals surface area contributed by atoms with Crippen molar-refractivity contribution in [3.63, 3.8) is 0 Å². The molecule has 96 valence electrons. The first-order chi connectivity index (χ1) is 8.43. The third kappa shape index (κ3) is 7.94. The van der Waals surface area contributed by atoms with Crippen LogP contribution < -0.4 is 5.48 Å². The van der Waals surface area contributed by atoms with Gasteiger partial charge in [-0.3, -0.25) is 0 Å². The molecule has 0 saturated carbocycles. The van der Waals surface area contributed by atoms with Gasteiger partial charge in [-0.25, -0.2) is 5.48 Å². The molecule has 0 aromatic heterocycles. The first kappa shape index (κ1) is 14.2. The van der Waals surface area contributed by atoms with Crippen LogP contribution in [0.2, 0.25) is 0 Å². The molecule has 0 saturated heterocycles. The summed E-state index contributed by atoms with van der Waals surface area (Å²) in [5.74, 6) is 0. The summed E-state index contributed by atoms with van der Waals surface area (Å²) in [5.41, 5.74) is 3.66. The zero-order valence-corrected chi connectivity index (χ0v) is 10.7. The molecule has 0 heterocycles. The Morgan fingerprint density at radius 2 is 1.35 bits per heavy atom. The van der Waals surface area contributed by atoms with Crippen LogP contribution in [0.25, 0.3) is 0 Å². The lowest BCUT2D eigenvalue weighted by Crippen LogP contribution is -2.07. The van der Waals surface area contributed by atoms with Crippen LogP contribution in [-0.4, -0.2) is 11.8 Å². The first-order valence-electron chi connectivity index (χ1n) is 6.84. The lowest BCUT2D eigenvalue weighted by molar-refractivity contribution is 0.164. The van der Waals surface area contributed by atoms with Gasteiger partial charge < -0.3 is 5.21 Å². The number of hydroxylamine groups is 1. The quantitative estimate of drug-likeness (QED) is 0.475.